The third-order valence-electron chi connectivity index (χ3n) is 4.68. The minimum Gasteiger partial charge on any atom is -0.316 e. The molecule has 1 saturated heterocycles. The van der Waals surface area contributed by atoms with Crippen LogP contribution in [-0.2, 0) is 0 Å². The van der Waals surface area contributed by atoms with Crippen molar-refractivity contribution in [1.82, 2.24) is 10.2 Å². The fourth-order valence-electron chi connectivity index (χ4n) is 3.01. The van der Waals surface area contributed by atoms with Crippen LogP contribution in [0.4, 0.5) is 0 Å². The summed E-state index contributed by atoms with van der Waals surface area (Å²) in [5, 5.41) is 4.32. The van der Waals surface area contributed by atoms with E-state index in [9.17, 15) is 0 Å². The summed E-state index contributed by atoms with van der Waals surface area (Å²) in [4.78, 5) is 2.47. The first-order valence-corrected chi connectivity index (χ1v) is 7.60. The maximum Gasteiger partial charge on any atom is 0.0406 e. The second-order valence-electron chi connectivity index (χ2n) is 5.92. The highest BCUT2D eigenvalue weighted by Crippen LogP contribution is 2.32. The van der Waals surface area contributed by atoms with E-state index in [-0.39, 0.29) is 0 Å². The standard InChI is InChI=1S/C16H25ClN2/c1-4-16(9-10-18-11-16)12-19(3)13(2)14-5-7-15(17)8-6-14/h5-8,13,18H,4,9-12H2,1-3H3. The van der Waals surface area contributed by atoms with Gasteiger partial charge in [-0.15, -0.1) is 0 Å². The van der Waals surface area contributed by atoms with Crippen molar-refractivity contribution in [2.45, 2.75) is 32.7 Å². The van der Waals surface area contributed by atoms with Gasteiger partial charge in [-0.3, -0.25) is 4.90 Å². The Morgan fingerprint density at radius 2 is 2.05 bits per heavy atom. The molecule has 0 aromatic heterocycles. The van der Waals surface area contributed by atoms with Gasteiger partial charge in [-0.25, -0.2) is 0 Å². The number of nitrogens with one attached hydrogen (secondary N) is 1. The number of rotatable bonds is 5. The van der Waals surface area contributed by atoms with Crippen molar-refractivity contribution in [1.29, 1.82) is 0 Å². The summed E-state index contributed by atoms with van der Waals surface area (Å²) < 4.78 is 0. The number of halogens is 1. The molecule has 1 aliphatic heterocycles. The lowest BCUT2D eigenvalue weighted by molar-refractivity contribution is 0.150. The number of hydrogen-bond acceptors (Lipinski definition) is 2. The van der Waals surface area contributed by atoms with Crippen molar-refractivity contribution in [3.8, 4) is 0 Å². The number of hydrogen-bond donors (Lipinski definition) is 1. The van der Waals surface area contributed by atoms with Crippen molar-refractivity contribution >= 4 is 11.6 Å². The molecule has 0 radical (unpaired) electrons. The Kier molecular flexibility index (Phi) is 4.88. The molecule has 2 atom stereocenters. The Morgan fingerprint density at radius 3 is 2.58 bits per heavy atom. The van der Waals surface area contributed by atoms with E-state index < -0.39 is 0 Å². The van der Waals surface area contributed by atoms with E-state index in [0.717, 1.165) is 24.7 Å². The van der Waals surface area contributed by atoms with Gasteiger partial charge in [-0.05, 0) is 56.5 Å². The van der Waals surface area contributed by atoms with Crippen LogP contribution in [0.5, 0.6) is 0 Å². The van der Waals surface area contributed by atoms with Crippen molar-refractivity contribution in [3.05, 3.63) is 34.9 Å². The molecule has 0 aliphatic carbocycles. The SMILES string of the molecule is CCC1(CN(C)C(C)c2ccc(Cl)cc2)CCNC1. The Labute approximate surface area is 122 Å². The van der Waals surface area contributed by atoms with Gasteiger partial charge in [0.05, 0.1) is 0 Å². The predicted octanol–water partition coefficient (Wildman–Crippen LogP) is 3.72. The highest BCUT2D eigenvalue weighted by Gasteiger charge is 2.33. The van der Waals surface area contributed by atoms with E-state index in [4.69, 9.17) is 11.6 Å². The Morgan fingerprint density at radius 1 is 1.37 bits per heavy atom. The minimum absolute atomic E-state index is 0.432. The zero-order valence-corrected chi connectivity index (χ0v) is 13.0. The van der Waals surface area contributed by atoms with Gasteiger partial charge >= 0.3 is 0 Å². The summed E-state index contributed by atoms with van der Waals surface area (Å²) in [7, 11) is 2.23. The monoisotopic (exact) mass is 280 g/mol. The molecule has 0 spiro atoms. The molecule has 3 heteroatoms. The van der Waals surface area contributed by atoms with E-state index >= 15 is 0 Å². The lowest BCUT2D eigenvalue weighted by Gasteiger charge is -2.35. The van der Waals surface area contributed by atoms with Crippen molar-refractivity contribution in [2.75, 3.05) is 26.7 Å². The Bertz CT molecular complexity index is 396. The van der Waals surface area contributed by atoms with Gasteiger partial charge < -0.3 is 5.32 Å². The van der Waals surface area contributed by atoms with Crippen molar-refractivity contribution in [2.24, 2.45) is 5.41 Å². The largest absolute Gasteiger partial charge is 0.316 e. The van der Waals surface area contributed by atoms with Crippen LogP contribution in [0.2, 0.25) is 5.02 Å². The van der Waals surface area contributed by atoms with Gasteiger partial charge in [0, 0.05) is 24.2 Å². The maximum atomic E-state index is 5.96. The van der Waals surface area contributed by atoms with E-state index in [0.29, 0.717) is 11.5 Å². The minimum atomic E-state index is 0.432. The van der Waals surface area contributed by atoms with Crippen LogP contribution in [0.25, 0.3) is 0 Å². The smallest absolute Gasteiger partial charge is 0.0406 e. The van der Waals surface area contributed by atoms with Gasteiger partial charge in [-0.1, -0.05) is 30.7 Å². The molecule has 1 aliphatic rings. The van der Waals surface area contributed by atoms with Crippen LogP contribution >= 0.6 is 11.6 Å². The van der Waals surface area contributed by atoms with E-state index in [2.05, 4.69) is 43.2 Å². The molecule has 2 unspecified atom stereocenters. The molecule has 2 nitrogen and oxygen atoms in total. The highest BCUT2D eigenvalue weighted by atomic mass is 35.5. The highest BCUT2D eigenvalue weighted by molar-refractivity contribution is 6.30. The molecule has 19 heavy (non-hydrogen) atoms. The fourth-order valence-corrected chi connectivity index (χ4v) is 3.13. The summed E-state index contributed by atoms with van der Waals surface area (Å²) in [6, 6.07) is 8.66. The van der Waals surface area contributed by atoms with Crippen LogP contribution in [0.15, 0.2) is 24.3 Å². The average Bonchev–Trinajstić information content (AvgIpc) is 2.88. The maximum absolute atomic E-state index is 5.96. The number of benzene rings is 1. The summed E-state index contributed by atoms with van der Waals surface area (Å²) in [6.07, 6.45) is 2.54. The summed E-state index contributed by atoms with van der Waals surface area (Å²) in [5.41, 5.74) is 1.79. The fraction of sp³-hybridized carbons (Fsp3) is 0.625. The van der Waals surface area contributed by atoms with Crippen LogP contribution in [-0.4, -0.2) is 31.6 Å². The Balaban J connectivity index is 2.02. The quantitative estimate of drug-likeness (QED) is 0.884. The molecule has 1 aromatic carbocycles. The molecule has 1 fully saturated rings. The first-order valence-electron chi connectivity index (χ1n) is 7.23. The van der Waals surface area contributed by atoms with Gasteiger partial charge in [-0.2, -0.15) is 0 Å². The second-order valence-corrected chi connectivity index (χ2v) is 6.36. The third-order valence-corrected chi connectivity index (χ3v) is 4.93. The third kappa shape index (κ3) is 3.50. The molecule has 1 aromatic rings. The Hall–Kier alpha value is -0.570. The van der Waals surface area contributed by atoms with E-state index in [1.807, 2.05) is 12.1 Å². The lowest BCUT2D eigenvalue weighted by Crippen LogP contribution is -2.38. The van der Waals surface area contributed by atoms with Crippen LogP contribution in [0.3, 0.4) is 0 Å². The molecule has 0 saturated carbocycles. The number of nitrogens with zero attached hydrogens (tertiary/aromatic N) is 1. The lowest BCUT2D eigenvalue weighted by atomic mass is 9.83. The van der Waals surface area contributed by atoms with Gasteiger partial charge in [0.2, 0.25) is 0 Å². The molecule has 2 rings (SSSR count). The molecular weight excluding hydrogens is 256 g/mol. The first kappa shape index (κ1) is 14.8. The zero-order chi connectivity index (χ0) is 13.9. The van der Waals surface area contributed by atoms with Crippen LogP contribution in [0, 0.1) is 5.41 Å². The second kappa shape index (κ2) is 6.25. The molecule has 1 N–H and O–H groups in total. The summed E-state index contributed by atoms with van der Waals surface area (Å²) in [6.45, 7) is 8.06. The average molecular weight is 281 g/mol. The van der Waals surface area contributed by atoms with Gasteiger partial charge in [0.25, 0.3) is 0 Å². The first-order chi connectivity index (χ1) is 9.06. The zero-order valence-electron chi connectivity index (χ0n) is 12.2. The predicted molar refractivity (Wildman–Crippen MR) is 82.7 cm³/mol. The topological polar surface area (TPSA) is 15.3 Å². The van der Waals surface area contributed by atoms with Crippen molar-refractivity contribution < 1.29 is 0 Å². The van der Waals surface area contributed by atoms with E-state index in [1.54, 1.807) is 0 Å². The normalized spacial score (nSPS) is 24.9. The molecule has 106 valence electrons. The van der Waals surface area contributed by atoms with Crippen LogP contribution in [0.1, 0.15) is 38.3 Å². The van der Waals surface area contributed by atoms with Gasteiger partial charge in [0.1, 0.15) is 0 Å². The van der Waals surface area contributed by atoms with E-state index in [1.165, 1.54) is 18.4 Å². The molecule has 0 bridgehead atoms. The molecule has 0 amide bonds. The summed E-state index contributed by atoms with van der Waals surface area (Å²) >= 11 is 5.96. The van der Waals surface area contributed by atoms with Gasteiger partial charge in [0.15, 0.2) is 0 Å². The van der Waals surface area contributed by atoms with Crippen LogP contribution < -0.4 is 5.32 Å². The molecule has 1 heterocycles. The van der Waals surface area contributed by atoms with Crippen molar-refractivity contribution in [3.63, 3.8) is 0 Å². The molecular formula is C16H25ClN2. The summed E-state index contributed by atoms with van der Waals surface area (Å²) in [5.74, 6) is 0.